The van der Waals surface area contributed by atoms with Gasteiger partial charge in [0.15, 0.2) is 0 Å². The number of halogens is 1. The average molecular weight is 314 g/mol. The zero-order chi connectivity index (χ0) is 15.3. The van der Waals surface area contributed by atoms with E-state index in [-0.39, 0.29) is 5.28 Å². The SMILES string of the molecule is CCCNc1nc(Cl)nc(NCC2(O)CCC(C)CC2)n1. The van der Waals surface area contributed by atoms with Gasteiger partial charge < -0.3 is 15.7 Å². The molecule has 0 aliphatic heterocycles. The van der Waals surface area contributed by atoms with Crippen molar-refractivity contribution in [3.63, 3.8) is 0 Å². The van der Waals surface area contributed by atoms with Crippen LogP contribution < -0.4 is 10.6 Å². The normalized spacial score (nSPS) is 25.6. The van der Waals surface area contributed by atoms with Crippen LogP contribution in [-0.4, -0.2) is 38.7 Å². The highest BCUT2D eigenvalue weighted by Gasteiger charge is 2.31. The fraction of sp³-hybridized carbons (Fsp3) is 0.786. The van der Waals surface area contributed by atoms with Crippen LogP contribution in [0, 0.1) is 5.92 Å². The van der Waals surface area contributed by atoms with E-state index >= 15 is 0 Å². The van der Waals surface area contributed by atoms with Crippen LogP contribution in [0.4, 0.5) is 11.9 Å². The van der Waals surface area contributed by atoms with Gasteiger partial charge in [-0.25, -0.2) is 0 Å². The zero-order valence-corrected chi connectivity index (χ0v) is 13.4. The predicted molar refractivity (Wildman–Crippen MR) is 84.7 cm³/mol. The van der Waals surface area contributed by atoms with Crippen LogP contribution in [0.15, 0.2) is 0 Å². The Hall–Kier alpha value is -1.14. The number of aliphatic hydroxyl groups is 1. The van der Waals surface area contributed by atoms with E-state index in [0.29, 0.717) is 24.4 Å². The minimum absolute atomic E-state index is 0.148. The molecule has 0 bridgehead atoms. The number of nitrogens with one attached hydrogen (secondary N) is 2. The molecule has 0 aromatic carbocycles. The number of aromatic nitrogens is 3. The van der Waals surface area contributed by atoms with Crippen LogP contribution in [0.2, 0.25) is 5.28 Å². The number of hydrogen-bond acceptors (Lipinski definition) is 6. The molecule has 0 amide bonds. The lowest BCUT2D eigenvalue weighted by molar-refractivity contribution is 0.00487. The van der Waals surface area contributed by atoms with E-state index in [0.717, 1.165) is 38.6 Å². The molecule has 118 valence electrons. The number of rotatable bonds is 6. The molecule has 0 unspecified atom stereocenters. The second kappa shape index (κ2) is 7.22. The van der Waals surface area contributed by atoms with Gasteiger partial charge in [-0.15, -0.1) is 0 Å². The van der Waals surface area contributed by atoms with E-state index in [1.54, 1.807) is 0 Å². The summed E-state index contributed by atoms with van der Waals surface area (Å²) in [5.41, 5.74) is -0.678. The van der Waals surface area contributed by atoms with Crippen LogP contribution in [0.25, 0.3) is 0 Å². The Balaban J connectivity index is 1.94. The van der Waals surface area contributed by atoms with Crippen LogP contribution in [0.5, 0.6) is 0 Å². The van der Waals surface area contributed by atoms with E-state index in [1.807, 2.05) is 0 Å². The van der Waals surface area contributed by atoms with Crippen molar-refractivity contribution in [2.24, 2.45) is 5.92 Å². The highest BCUT2D eigenvalue weighted by Crippen LogP contribution is 2.31. The van der Waals surface area contributed by atoms with E-state index in [1.165, 1.54) is 0 Å². The maximum atomic E-state index is 10.5. The summed E-state index contributed by atoms with van der Waals surface area (Å²) in [6.45, 7) is 5.51. The minimum Gasteiger partial charge on any atom is -0.388 e. The fourth-order valence-corrected chi connectivity index (χ4v) is 2.62. The maximum absolute atomic E-state index is 10.5. The molecule has 1 saturated carbocycles. The lowest BCUT2D eigenvalue weighted by atomic mass is 9.79. The molecule has 1 aliphatic rings. The molecule has 0 spiro atoms. The molecule has 1 aromatic heterocycles. The molecule has 1 fully saturated rings. The number of nitrogens with zero attached hydrogens (tertiary/aromatic N) is 3. The second-order valence-corrected chi connectivity index (χ2v) is 6.28. The van der Waals surface area contributed by atoms with Crippen molar-refractivity contribution >= 4 is 23.5 Å². The van der Waals surface area contributed by atoms with E-state index in [9.17, 15) is 5.11 Å². The summed E-state index contributed by atoms with van der Waals surface area (Å²) in [6.07, 6.45) is 4.70. The summed E-state index contributed by atoms with van der Waals surface area (Å²) in [7, 11) is 0. The largest absolute Gasteiger partial charge is 0.388 e. The van der Waals surface area contributed by atoms with Crippen LogP contribution >= 0.6 is 11.6 Å². The van der Waals surface area contributed by atoms with Crippen LogP contribution in [0.1, 0.15) is 46.0 Å². The second-order valence-electron chi connectivity index (χ2n) is 5.94. The topological polar surface area (TPSA) is 83.0 Å². The third-order valence-electron chi connectivity index (χ3n) is 3.92. The fourth-order valence-electron chi connectivity index (χ4n) is 2.46. The molecule has 1 aromatic rings. The van der Waals surface area contributed by atoms with Crippen molar-refractivity contribution < 1.29 is 5.11 Å². The summed E-state index contributed by atoms with van der Waals surface area (Å²) < 4.78 is 0. The van der Waals surface area contributed by atoms with Gasteiger partial charge in [-0.3, -0.25) is 0 Å². The first-order valence-electron chi connectivity index (χ1n) is 7.62. The Bertz CT molecular complexity index is 463. The molecule has 21 heavy (non-hydrogen) atoms. The standard InChI is InChI=1S/C14H24ClN5O/c1-3-8-16-12-18-11(15)19-13(20-12)17-9-14(21)6-4-10(2)5-7-14/h10,21H,3-9H2,1-2H3,(H2,16,17,18,19,20). The summed E-state index contributed by atoms with van der Waals surface area (Å²) >= 11 is 5.90. The zero-order valence-electron chi connectivity index (χ0n) is 12.7. The first kappa shape index (κ1) is 16.2. The van der Waals surface area contributed by atoms with Gasteiger partial charge in [-0.2, -0.15) is 15.0 Å². The van der Waals surface area contributed by atoms with Crippen molar-refractivity contribution in [1.82, 2.24) is 15.0 Å². The molecular weight excluding hydrogens is 290 g/mol. The van der Waals surface area contributed by atoms with Gasteiger partial charge in [0, 0.05) is 13.1 Å². The summed E-state index contributed by atoms with van der Waals surface area (Å²) in [4.78, 5) is 12.3. The molecular formula is C14H24ClN5O. The van der Waals surface area contributed by atoms with Gasteiger partial charge in [-0.1, -0.05) is 13.8 Å². The third kappa shape index (κ3) is 4.97. The molecule has 0 saturated heterocycles. The highest BCUT2D eigenvalue weighted by molar-refractivity contribution is 6.28. The van der Waals surface area contributed by atoms with E-state index in [4.69, 9.17) is 11.6 Å². The van der Waals surface area contributed by atoms with Crippen molar-refractivity contribution in [2.45, 2.75) is 51.6 Å². The lowest BCUT2D eigenvalue weighted by Crippen LogP contribution is -2.40. The third-order valence-corrected chi connectivity index (χ3v) is 4.09. The van der Waals surface area contributed by atoms with Gasteiger partial charge in [0.2, 0.25) is 17.2 Å². The quantitative estimate of drug-likeness (QED) is 0.749. The first-order chi connectivity index (χ1) is 10.0. The van der Waals surface area contributed by atoms with Gasteiger partial charge in [0.1, 0.15) is 0 Å². The van der Waals surface area contributed by atoms with Gasteiger partial charge in [0.05, 0.1) is 5.60 Å². The summed E-state index contributed by atoms with van der Waals surface area (Å²) in [6, 6.07) is 0. The summed E-state index contributed by atoms with van der Waals surface area (Å²) in [5.74, 6) is 1.56. The Labute approximate surface area is 130 Å². The lowest BCUT2D eigenvalue weighted by Gasteiger charge is -2.34. The van der Waals surface area contributed by atoms with Crippen molar-refractivity contribution in [3.8, 4) is 0 Å². The van der Waals surface area contributed by atoms with Crippen LogP contribution in [-0.2, 0) is 0 Å². The predicted octanol–water partition coefficient (Wildman–Crippen LogP) is 2.70. The van der Waals surface area contributed by atoms with Gasteiger partial charge in [0.25, 0.3) is 0 Å². The van der Waals surface area contributed by atoms with E-state index in [2.05, 4.69) is 39.4 Å². The number of anilines is 2. The first-order valence-corrected chi connectivity index (χ1v) is 8.00. The Morgan fingerprint density at radius 3 is 2.43 bits per heavy atom. The monoisotopic (exact) mass is 313 g/mol. The minimum atomic E-state index is -0.678. The Morgan fingerprint density at radius 2 is 1.81 bits per heavy atom. The van der Waals surface area contributed by atoms with Gasteiger partial charge >= 0.3 is 0 Å². The highest BCUT2D eigenvalue weighted by atomic mass is 35.5. The van der Waals surface area contributed by atoms with Crippen LogP contribution in [0.3, 0.4) is 0 Å². The van der Waals surface area contributed by atoms with Crippen molar-refractivity contribution in [2.75, 3.05) is 23.7 Å². The van der Waals surface area contributed by atoms with E-state index < -0.39 is 5.60 Å². The molecule has 1 aliphatic carbocycles. The maximum Gasteiger partial charge on any atom is 0.228 e. The van der Waals surface area contributed by atoms with Crippen molar-refractivity contribution in [1.29, 1.82) is 0 Å². The molecule has 3 N–H and O–H groups in total. The molecule has 6 nitrogen and oxygen atoms in total. The molecule has 0 atom stereocenters. The smallest absolute Gasteiger partial charge is 0.228 e. The Morgan fingerprint density at radius 1 is 1.19 bits per heavy atom. The van der Waals surface area contributed by atoms with Gasteiger partial charge in [-0.05, 0) is 49.6 Å². The average Bonchev–Trinajstić information content (AvgIpc) is 2.46. The Kier molecular flexibility index (Phi) is 5.58. The molecule has 2 rings (SSSR count). The van der Waals surface area contributed by atoms with Crippen molar-refractivity contribution in [3.05, 3.63) is 5.28 Å². The molecule has 7 heteroatoms. The molecule has 0 radical (unpaired) electrons. The number of hydrogen-bond donors (Lipinski definition) is 3. The molecule has 1 heterocycles. The summed E-state index contributed by atoms with van der Waals surface area (Å²) in [5, 5.41) is 16.9.